The van der Waals surface area contributed by atoms with Crippen molar-refractivity contribution in [3.63, 3.8) is 0 Å². The second-order valence-corrected chi connectivity index (χ2v) is 7.90. The average Bonchev–Trinajstić information content (AvgIpc) is 3.30. The van der Waals surface area contributed by atoms with Gasteiger partial charge in [0, 0.05) is 42.7 Å². The van der Waals surface area contributed by atoms with Crippen LogP contribution >= 0.6 is 34.7 Å². The lowest BCUT2D eigenvalue weighted by Crippen LogP contribution is -2.39. The van der Waals surface area contributed by atoms with Crippen LogP contribution in [0.25, 0.3) is 11.1 Å². The standard InChI is InChI=1S/C17H15Cl2N5OS/c18-13-15(23-26-16(13)19)17(25)24-7-1-2-11(9-24)14-12(8-21-22-14)10-3-5-20-6-4-10/h3-6,8,11H,1-2,7,9H2,(H,21,22)/t11-/m1/s1. The lowest BCUT2D eigenvalue weighted by atomic mass is 9.90. The summed E-state index contributed by atoms with van der Waals surface area (Å²) < 4.78 is 4.45. The Balaban J connectivity index is 1.58. The molecule has 4 heterocycles. The maximum Gasteiger partial charge on any atom is 0.275 e. The first-order valence-electron chi connectivity index (χ1n) is 8.18. The highest BCUT2D eigenvalue weighted by molar-refractivity contribution is 7.11. The van der Waals surface area contributed by atoms with Crippen molar-refractivity contribution >= 4 is 40.6 Å². The molecule has 0 radical (unpaired) electrons. The smallest absolute Gasteiger partial charge is 0.275 e. The van der Waals surface area contributed by atoms with Crippen molar-refractivity contribution in [3.05, 3.63) is 51.5 Å². The number of aromatic nitrogens is 4. The Labute approximate surface area is 164 Å². The van der Waals surface area contributed by atoms with Crippen LogP contribution in [0.4, 0.5) is 0 Å². The molecule has 0 aliphatic carbocycles. The molecule has 0 spiro atoms. The zero-order chi connectivity index (χ0) is 18.1. The van der Waals surface area contributed by atoms with Gasteiger partial charge in [0.15, 0.2) is 5.69 Å². The number of likely N-dealkylation sites (tertiary alicyclic amines) is 1. The summed E-state index contributed by atoms with van der Waals surface area (Å²) >= 11 is 13.1. The van der Waals surface area contributed by atoms with E-state index in [4.69, 9.17) is 23.2 Å². The minimum Gasteiger partial charge on any atom is -0.337 e. The molecule has 0 aromatic carbocycles. The Kier molecular flexibility index (Phi) is 4.93. The quantitative estimate of drug-likeness (QED) is 0.703. The minimum absolute atomic E-state index is 0.172. The first-order valence-corrected chi connectivity index (χ1v) is 9.71. The Morgan fingerprint density at radius 1 is 1.31 bits per heavy atom. The molecule has 3 aromatic rings. The summed E-state index contributed by atoms with van der Waals surface area (Å²) in [6.07, 6.45) is 7.23. The Morgan fingerprint density at radius 3 is 2.85 bits per heavy atom. The van der Waals surface area contributed by atoms with E-state index in [0.717, 1.165) is 41.2 Å². The summed E-state index contributed by atoms with van der Waals surface area (Å²) in [6.45, 7) is 1.27. The maximum absolute atomic E-state index is 12.8. The van der Waals surface area contributed by atoms with Crippen LogP contribution in [0.1, 0.15) is 34.9 Å². The molecule has 1 saturated heterocycles. The topological polar surface area (TPSA) is 74.8 Å². The number of pyridine rings is 1. The van der Waals surface area contributed by atoms with Crippen LogP contribution in [0.2, 0.25) is 9.36 Å². The third kappa shape index (κ3) is 3.22. The molecule has 0 saturated carbocycles. The van der Waals surface area contributed by atoms with Crippen LogP contribution < -0.4 is 0 Å². The second-order valence-electron chi connectivity index (χ2n) is 6.14. The van der Waals surface area contributed by atoms with Gasteiger partial charge in [-0.1, -0.05) is 23.2 Å². The minimum atomic E-state index is -0.173. The van der Waals surface area contributed by atoms with Gasteiger partial charge in [0.1, 0.15) is 9.36 Å². The Hall–Kier alpha value is -1.96. The zero-order valence-corrected chi connectivity index (χ0v) is 16.0. The van der Waals surface area contributed by atoms with E-state index < -0.39 is 0 Å². The monoisotopic (exact) mass is 407 g/mol. The highest BCUT2D eigenvalue weighted by Crippen LogP contribution is 2.35. The van der Waals surface area contributed by atoms with Gasteiger partial charge in [-0.05, 0) is 42.1 Å². The molecule has 1 amide bonds. The average molecular weight is 408 g/mol. The van der Waals surface area contributed by atoms with Gasteiger partial charge < -0.3 is 4.90 Å². The molecule has 1 aliphatic heterocycles. The van der Waals surface area contributed by atoms with Gasteiger partial charge in [0.25, 0.3) is 5.91 Å². The molecular formula is C17H15Cl2N5OS. The number of hydrogen-bond acceptors (Lipinski definition) is 5. The van der Waals surface area contributed by atoms with Crippen LogP contribution in [0.5, 0.6) is 0 Å². The molecule has 1 fully saturated rings. The SMILES string of the molecule is O=C(c1nsc(Cl)c1Cl)N1CCC[C@@H](c2[nH]ncc2-c2ccncc2)C1. The normalized spacial score (nSPS) is 17.5. The number of hydrogen-bond donors (Lipinski definition) is 1. The number of nitrogens with zero attached hydrogens (tertiary/aromatic N) is 4. The molecule has 134 valence electrons. The van der Waals surface area contributed by atoms with Crippen molar-refractivity contribution < 1.29 is 4.79 Å². The summed E-state index contributed by atoms with van der Waals surface area (Å²) in [5.41, 5.74) is 3.38. The number of H-pyrrole nitrogens is 1. The first-order chi connectivity index (χ1) is 12.6. The van der Waals surface area contributed by atoms with E-state index in [0.29, 0.717) is 17.4 Å². The zero-order valence-electron chi connectivity index (χ0n) is 13.7. The van der Waals surface area contributed by atoms with Crippen LogP contribution in [-0.2, 0) is 0 Å². The summed E-state index contributed by atoms with van der Waals surface area (Å²) in [4.78, 5) is 18.7. The number of aromatic amines is 1. The van der Waals surface area contributed by atoms with Gasteiger partial charge in [0.05, 0.1) is 6.20 Å². The van der Waals surface area contributed by atoms with E-state index in [2.05, 4.69) is 19.6 Å². The van der Waals surface area contributed by atoms with Crippen molar-refractivity contribution in [3.8, 4) is 11.1 Å². The van der Waals surface area contributed by atoms with Crippen molar-refractivity contribution in [2.75, 3.05) is 13.1 Å². The van der Waals surface area contributed by atoms with Gasteiger partial charge in [-0.3, -0.25) is 14.9 Å². The predicted molar refractivity (Wildman–Crippen MR) is 102 cm³/mol. The van der Waals surface area contributed by atoms with E-state index in [9.17, 15) is 4.79 Å². The highest BCUT2D eigenvalue weighted by Gasteiger charge is 2.30. The summed E-state index contributed by atoms with van der Waals surface area (Å²) in [5, 5.41) is 7.58. The van der Waals surface area contributed by atoms with Gasteiger partial charge in [-0.2, -0.15) is 9.47 Å². The number of rotatable bonds is 3. The fraction of sp³-hybridized carbons (Fsp3) is 0.294. The number of carbonyl (C=O) groups excluding carboxylic acids is 1. The molecule has 3 aromatic heterocycles. The van der Waals surface area contributed by atoms with Crippen LogP contribution in [0.3, 0.4) is 0 Å². The molecule has 1 atom stereocenters. The predicted octanol–water partition coefficient (Wildman–Crippen LogP) is 4.25. The molecule has 4 rings (SSSR count). The lowest BCUT2D eigenvalue weighted by molar-refractivity contribution is 0.0701. The van der Waals surface area contributed by atoms with Crippen LogP contribution in [0.15, 0.2) is 30.7 Å². The number of carbonyl (C=O) groups is 1. The van der Waals surface area contributed by atoms with Crippen molar-refractivity contribution in [1.82, 2.24) is 24.5 Å². The number of piperidine rings is 1. The van der Waals surface area contributed by atoms with Crippen LogP contribution in [0, 0.1) is 0 Å². The second kappa shape index (κ2) is 7.34. The molecule has 1 aliphatic rings. The molecule has 0 unspecified atom stereocenters. The fourth-order valence-corrected chi connectivity index (χ4v) is 4.30. The van der Waals surface area contributed by atoms with Crippen molar-refractivity contribution in [2.24, 2.45) is 0 Å². The van der Waals surface area contributed by atoms with Crippen molar-refractivity contribution in [2.45, 2.75) is 18.8 Å². The molecule has 1 N–H and O–H groups in total. The van der Waals surface area contributed by atoms with Gasteiger partial charge in [-0.25, -0.2) is 0 Å². The summed E-state index contributed by atoms with van der Waals surface area (Å²) in [5.74, 6) is -0.000857. The van der Waals surface area contributed by atoms with Gasteiger partial charge in [-0.15, -0.1) is 0 Å². The largest absolute Gasteiger partial charge is 0.337 e. The van der Waals surface area contributed by atoms with E-state index >= 15 is 0 Å². The van der Waals surface area contributed by atoms with Crippen LogP contribution in [-0.4, -0.2) is 43.5 Å². The van der Waals surface area contributed by atoms with Gasteiger partial charge in [0.2, 0.25) is 0 Å². The van der Waals surface area contributed by atoms with Gasteiger partial charge >= 0.3 is 0 Å². The third-order valence-corrected chi connectivity index (χ3v) is 6.19. The fourth-order valence-electron chi connectivity index (χ4n) is 3.31. The first kappa shape index (κ1) is 17.5. The Morgan fingerprint density at radius 2 is 2.12 bits per heavy atom. The summed E-state index contributed by atoms with van der Waals surface area (Å²) in [7, 11) is 0. The van der Waals surface area contributed by atoms with E-state index in [-0.39, 0.29) is 22.5 Å². The Bertz CT molecular complexity index is 926. The van der Waals surface area contributed by atoms with E-state index in [1.165, 1.54) is 0 Å². The molecule has 26 heavy (non-hydrogen) atoms. The highest BCUT2D eigenvalue weighted by atomic mass is 35.5. The summed E-state index contributed by atoms with van der Waals surface area (Å²) in [6, 6.07) is 3.91. The van der Waals surface area contributed by atoms with E-state index in [1.54, 1.807) is 17.3 Å². The molecule has 6 nitrogen and oxygen atoms in total. The van der Waals surface area contributed by atoms with Crippen molar-refractivity contribution in [1.29, 1.82) is 0 Å². The molecule has 0 bridgehead atoms. The maximum atomic E-state index is 12.8. The number of halogens is 2. The third-order valence-electron chi connectivity index (χ3n) is 4.58. The molecular weight excluding hydrogens is 393 g/mol. The number of amides is 1. The molecule has 9 heteroatoms. The lowest BCUT2D eigenvalue weighted by Gasteiger charge is -2.32. The number of nitrogens with one attached hydrogen (secondary N) is 1. The van der Waals surface area contributed by atoms with E-state index in [1.807, 2.05) is 18.3 Å².